The summed E-state index contributed by atoms with van der Waals surface area (Å²) in [7, 11) is 0. The summed E-state index contributed by atoms with van der Waals surface area (Å²) in [5, 5.41) is 13.0. The molecule has 2 aromatic carbocycles. The summed E-state index contributed by atoms with van der Waals surface area (Å²) < 4.78 is 7.47. The van der Waals surface area contributed by atoms with Gasteiger partial charge < -0.3 is 4.42 Å². The first kappa shape index (κ1) is 16.5. The van der Waals surface area contributed by atoms with Crippen molar-refractivity contribution in [2.45, 2.75) is 23.9 Å². The quantitative estimate of drug-likeness (QED) is 0.484. The molecule has 2 heterocycles. The van der Waals surface area contributed by atoms with E-state index in [0.29, 0.717) is 17.7 Å². The van der Waals surface area contributed by atoms with E-state index in [2.05, 4.69) is 63.6 Å². The largest absolute Gasteiger partial charge is 0.414 e. The van der Waals surface area contributed by atoms with Crippen molar-refractivity contribution >= 4 is 11.8 Å². The molecule has 6 nitrogen and oxygen atoms in total. The lowest BCUT2D eigenvalue weighted by Crippen LogP contribution is -2.00. The fourth-order valence-corrected chi connectivity index (χ4v) is 3.84. The number of thioether (sulfide) groups is 1. The van der Waals surface area contributed by atoms with Crippen molar-refractivity contribution in [1.29, 1.82) is 0 Å². The molecule has 0 saturated carbocycles. The topological polar surface area (TPSA) is 69.6 Å². The van der Waals surface area contributed by atoms with Crippen molar-refractivity contribution in [3.8, 4) is 0 Å². The Morgan fingerprint density at radius 3 is 2.62 bits per heavy atom. The van der Waals surface area contributed by atoms with E-state index in [1.165, 1.54) is 23.0 Å². The molecule has 0 aliphatic heterocycles. The Morgan fingerprint density at radius 2 is 1.85 bits per heavy atom. The third-order valence-corrected chi connectivity index (χ3v) is 5.13. The summed E-state index contributed by atoms with van der Waals surface area (Å²) in [6.07, 6.45) is 3.10. The van der Waals surface area contributed by atoms with Gasteiger partial charge in [-0.15, -0.1) is 10.2 Å². The molecule has 26 heavy (non-hydrogen) atoms. The van der Waals surface area contributed by atoms with Gasteiger partial charge in [0.15, 0.2) is 0 Å². The molecule has 130 valence electrons. The molecule has 0 unspecified atom stereocenters. The fraction of sp³-hybridized carbons (Fsp3) is 0.158. The summed E-state index contributed by atoms with van der Waals surface area (Å²) >= 11 is 1.56. The molecular weight excluding hydrogens is 346 g/mol. The molecule has 0 fully saturated rings. The van der Waals surface area contributed by atoms with Crippen molar-refractivity contribution in [3.63, 3.8) is 0 Å². The Kier molecular flexibility index (Phi) is 4.79. The van der Waals surface area contributed by atoms with Crippen LogP contribution in [-0.2, 0) is 6.54 Å². The molecule has 2 aromatic heterocycles. The molecule has 0 N–H and O–H groups in total. The molecule has 0 radical (unpaired) electrons. The SMILES string of the molecule is Cc1ccccc1[C@H](Sc1nnc(Cn2cncn2)o1)c1ccccc1. The average Bonchev–Trinajstić information content (AvgIpc) is 3.34. The highest BCUT2D eigenvalue weighted by Gasteiger charge is 2.21. The normalized spacial score (nSPS) is 12.2. The van der Waals surface area contributed by atoms with Gasteiger partial charge in [0, 0.05) is 0 Å². The minimum Gasteiger partial charge on any atom is -0.414 e. The van der Waals surface area contributed by atoms with E-state index in [1.807, 2.05) is 18.2 Å². The van der Waals surface area contributed by atoms with Gasteiger partial charge in [-0.25, -0.2) is 9.67 Å². The number of nitrogens with zero attached hydrogens (tertiary/aromatic N) is 5. The smallest absolute Gasteiger partial charge is 0.277 e. The molecule has 0 aliphatic rings. The van der Waals surface area contributed by atoms with Crippen molar-refractivity contribution in [3.05, 3.63) is 89.8 Å². The van der Waals surface area contributed by atoms with Gasteiger partial charge in [-0.3, -0.25) is 0 Å². The van der Waals surface area contributed by atoms with Gasteiger partial charge in [-0.1, -0.05) is 66.4 Å². The summed E-state index contributed by atoms with van der Waals surface area (Å²) in [5.41, 5.74) is 3.67. The van der Waals surface area contributed by atoms with E-state index in [0.717, 1.165) is 0 Å². The first-order valence-corrected chi connectivity index (χ1v) is 9.09. The number of rotatable bonds is 6. The van der Waals surface area contributed by atoms with Crippen molar-refractivity contribution in [1.82, 2.24) is 25.0 Å². The summed E-state index contributed by atoms with van der Waals surface area (Å²) in [6, 6.07) is 18.7. The van der Waals surface area contributed by atoms with Gasteiger partial charge in [-0.2, -0.15) is 5.10 Å². The van der Waals surface area contributed by atoms with Gasteiger partial charge in [-0.05, 0) is 23.6 Å². The molecule has 1 atom stereocenters. The molecule has 0 amide bonds. The average molecular weight is 363 g/mol. The van der Waals surface area contributed by atoms with Crippen molar-refractivity contribution in [2.24, 2.45) is 0 Å². The zero-order valence-corrected chi connectivity index (χ0v) is 15.0. The lowest BCUT2D eigenvalue weighted by Gasteiger charge is -2.17. The van der Waals surface area contributed by atoms with Crippen LogP contribution in [0.2, 0.25) is 0 Å². The predicted molar refractivity (Wildman–Crippen MR) is 98.7 cm³/mol. The van der Waals surface area contributed by atoms with E-state index in [1.54, 1.807) is 22.8 Å². The fourth-order valence-electron chi connectivity index (χ4n) is 2.72. The van der Waals surface area contributed by atoms with Gasteiger partial charge in [0.1, 0.15) is 19.2 Å². The van der Waals surface area contributed by atoms with E-state index in [-0.39, 0.29) is 5.25 Å². The lowest BCUT2D eigenvalue weighted by atomic mass is 10.0. The molecule has 0 aliphatic carbocycles. The molecule has 0 spiro atoms. The third-order valence-electron chi connectivity index (χ3n) is 4.00. The molecule has 4 aromatic rings. The van der Waals surface area contributed by atoms with Gasteiger partial charge in [0.25, 0.3) is 5.22 Å². The minimum absolute atomic E-state index is 0.0806. The van der Waals surface area contributed by atoms with Crippen LogP contribution in [0.4, 0.5) is 0 Å². The van der Waals surface area contributed by atoms with Crippen LogP contribution < -0.4 is 0 Å². The van der Waals surface area contributed by atoms with Gasteiger partial charge in [0.05, 0.1) is 5.25 Å². The van der Waals surface area contributed by atoms with Crippen LogP contribution in [0.15, 0.2) is 76.9 Å². The number of hydrogen-bond donors (Lipinski definition) is 0. The molecule has 0 bridgehead atoms. The number of aromatic nitrogens is 5. The van der Waals surface area contributed by atoms with E-state index < -0.39 is 0 Å². The first-order chi connectivity index (χ1) is 12.8. The van der Waals surface area contributed by atoms with Crippen LogP contribution in [0.1, 0.15) is 27.8 Å². The number of aryl methyl sites for hydroxylation is 1. The third kappa shape index (κ3) is 3.67. The second kappa shape index (κ2) is 7.53. The Balaban J connectivity index is 1.61. The maximum atomic E-state index is 5.82. The summed E-state index contributed by atoms with van der Waals surface area (Å²) in [6.45, 7) is 2.53. The maximum Gasteiger partial charge on any atom is 0.277 e. The van der Waals surface area contributed by atoms with Gasteiger partial charge >= 0.3 is 0 Å². The number of hydrogen-bond acceptors (Lipinski definition) is 6. The molecular formula is C19H17N5OS. The Labute approximate surface area is 155 Å². The Morgan fingerprint density at radius 1 is 1.04 bits per heavy atom. The minimum atomic E-state index is 0.0806. The Hall–Kier alpha value is -2.93. The first-order valence-electron chi connectivity index (χ1n) is 8.21. The van der Waals surface area contributed by atoms with Crippen LogP contribution in [0.3, 0.4) is 0 Å². The maximum absolute atomic E-state index is 5.82. The molecule has 7 heteroatoms. The molecule has 0 saturated heterocycles. The van der Waals surface area contributed by atoms with E-state index >= 15 is 0 Å². The monoisotopic (exact) mass is 363 g/mol. The van der Waals surface area contributed by atoms with Crippen molar-refractivity contribution in [2.75, 3.05) is 0 Å². The van der Waals surface area contributed by atoms with Crippen LogP contribution in [0.25, 0.3) is 0 Å². The zero-order valence-electron chi connectivity index (χ0n) is 14.2. The summed E-state index contributed by atoms with van der Waals surface area (Å²) in [5.74, 6) is 0.509. The predicted octanol–water partition coefficient (Wildman–Crippen LogP) is 3.90. The van der Waals surface area contributed by atoms with Crippen LogP contribution in [0, 0.1) is 6.92 Å². The lowest BCUT2D eigenvalue weighted by molar-refractivity contribution is 0.397. The second-order valence-corrected chi connectivity index (χ2v) is 6.88. The van der Waals surface area contributed by atoms with Crippen LogP contribution in [-0.4, -0.2) is 25.0 Å². The highest BCUT2D eigenvalue weighted by Crippen LogP contribution is 2.40. The highest BCUT2D eigenvalue weighted by atomic mass is 32.2. The standard InChI is InChI=1S/C19H17N5OS/c1-14-7-5-6-10-16(14)18(15-8-3-2-4-9-15)26-19-23-22-17(25-19)11-24-13-20-12-21-24/h2-10,12-13,18H,11H2,1H3/t18-/m1/s1. The highest BCUT2D eigenvalue weighted by molar-refractivity contribution is 7.99. The molecule has 4 rings (SSSR count). The van der Waals surface area contributed by atoms with Crippen LogP contribution >= 0.6 is 11.8 Å². The second-order valence-electron chi connectivity index (χ2n) is 5.82. The van der Waals surface area contributed by atoms with Crippen molar-refractivity contribution < 1.29 is 4.42 Å². The Bertz CT molecular complexity index is 969. The van der Waals surface area contributed by atoms with E-state index in [9.17, 15) is 0 Å². The zero-order chi connectivity index (χ0) is 17.8. The number of benzene rings is 2. The van der Waals surface area contributed by atoms with E-state index in [4.69, 9.17) is 4.42 Å². The summed E-state index contributed by atoms with van der Waals surface area (Å²) in [4.78, 5) is 3.92. The van der Waals surface area contributed by atoms with Gasteiger partial charge in [0.2, 0.25) is 5.89 Å². The van der Waals surface area contributed by atoms with Crippen LogP contribution in [0.5, 0.6) is 0 Å².